The van der Waals surface area contributed by atoms with Crippen molar-refractivity contribution < 1.29 is 18.8 Å². The molecule has 0 saturated heterocycles. The molecule has 2 rings (SSSR count). The summed E-state index contributed by atoms with van der Waals surface area (Å²) in [7, 11) is 0. The number of hydrogen-bond donors (Lipinski definition) is 2. The standard InChI is InChI=1S/C19H15F2NO2/c1-13(16-10-17(20)12-18(21)11-16)2-3-14-4-6-15(7-5-14)8-9-19(23)22-24/h2-12,24H,1H2,(H,22,23)/b3-2+,9-8+. The van der Waals surface area contributed by atoms with Crippen LogP contribution in [-0.2, 0) is 4.79 Å². The van der Waals surface area contributed by atoms with Crippen molar-refractivity contribution in [1.82, 2.24) is 5.48 Å². The van der Waals surface area contributed by atoms with Crippen LogP contribution in [0.5, 0.6) is 0 Å². The monoisotopic (exact) mass is 327 g/mol. The maximum absolute atomic E-state index is 13.2. The van der Waals surface area contributed by atoms with Crippen molar-refractivity contribution in [2.24, 2.45) is 0 Å². The molecule has 122 valence electrons. The fraction of sp³-hybridized carbons (Fsp3) is 0. The molecule has 0 saturated carbocycles. The molecule has 0 heterocycles. The van der Waals surface area contributed by atoms with Gasteiger partial charge >= 0.3 is 0 Å². The Labute approximate surface area is 138 Å². The zero-order chi connectivity index (χ0) is 17.5. The maximum atomic E-state index is 13.2. The molecule has 0 radical (unpaired) electrons. The normalized spacial score (nSPS) is 11.1. The quantitative estimate of drug-likeness (QED) is 0.374. The van der Waals surface area contributed by atoms with Crippen LogP contribution in [-0.4, -0.2) is 11.1 Å². The number of benzene rings is 2. The van der Waals surface area contributed by atoms with Gasteiger partial charge in [0.15, 0.2) is 0 Å². The first-order chi connectivity index (χ1) is 11.5. The minimum absolute atomic E-state index is 0.373. The van der Waals surface area contributed by atoms with Gasteiger partial charge in [0.25, 0.3) is 5.91 Å². The first-order valence-corrected chi connectivity index (χ1v) is 7.03. The van der Waals surface area contributed by atoms with Gasteiger partial charge in [-0.05, 0) is 40.5 Å². The lowest BCUT2D eigenvalue weighted by Crippen LogP contribution is -2.14. The average molecular weight is 327 g/mol. The summed E-state index contributed by atoms with van der Waals surface area (Å²) in [6, 6.07) is 10.4. The van der Waals surface area contributed by atoms with E-state index in [1.165, 1.54) is 23.7 Å². The smallest absolute Gasteiger partial charge is 0.267 e. The van der Waals surface area contributed by atoms with E-state index in [0.717, 1.165) is 17.2 Å². The van der Waals surface area contributed by atoms with Crippen LogP contribution >= 0.6 is 0 Å². The molecule has 0 unspecified atom stereocenters. The molecule has 1 amide bonds. The first kappa shape index (κ1) is 17.3. The second-order valence-corrected chi connectivity index (χ2v) is 4.99. The highest BCUT2D eigenvalue weighted by molar-refractivity contribution is 5.90. The van der Waals surface area contributed by atoms with Crippen LogP contribution in [0.4, 0.5) is 8.78 Å². The lowest BCUT2D eigenvalue weighted by atomic mass is 10.0. The summed E-state index contributed by atoms with van der Waals surface area (Å²) in [5.41, 5.74) is 4.00. The van der Waals surface area contributed by atoms with Gasteiger partial charge in [0.1, 0.15) is 11.6 Å². The minimum atomic E-state index is -0.650. The van der Waals surface area contributed by atoms with Crippen LogP contribution in [0, 0.1) is 11.6 Å². The summed E-state index contributed by atoms with van der Waals surface area (Å²) < 4.78 is 26.4. The Balaban J connectivity index is 2.07. The number of rotatable bonds is 5. The molecule has 0 spiro atoms. The summed E-state index contributed by atoms with van der Waals surface area (Å²) in [4.78, 5) is 10.9. The number of hydrogen-bond acceptors (Lipinski definition) is 2. The van der Waals surface area contributed by atoms with E-state index in [-0.39, 0.29) is 0 Å². The Kier molecular flexibility index (Phi) is 5.76. The highest BCUT2D eigenvalue weighted by Gasteiger charge is 2.02. The molecular weight excluding hydrogens is 312 g/mol. The van der Waals surface area contributed by atoms with E-state index in [1.807, 2.05) is 12.1 Å². The SMILES string of the molecule is C=C(/C=C/c1ccc(/C=C/C(=O)NO)cc1)c1cc(F)cc(F)c1. The Morgan fingerprint density at radius 3 is 1.96 bits per heavy atom. The van der Waals surface area contributed by atoms with Crippen molar-refractivity contribution in [3.05, 3.63) is 89.5 Å². The van der Waals surface area contributed by atoms with E-state index in [0.29, 0.717) is 11.1 Å². The number of allylic oxidation sites excluding steroid dienone is 2. The van der Waals surface area contributed by atoms with Crippen LogP contribution < -0.4 is 5.48 Å². The van der Waals surface area contributed by atoms with E-state index in [4.69, 9.17) is 5.21 Å². The van der Waals surface area contributed by atoms with E-state index >= 15 is 0 Å². The van der Waals surface area contributed by atoms with Gasteiger partial charge in [0, 0.05) is 12.1 Å². The molecule has 0 aliphatic heterocycles. The van der Waals surface area contributed by atoms with Crippen molar-refractivity contribution in [2.75, 3.05) is 0 Å². The fourth-order valence-electron chi connectivity index (χ4n) is 1.96. The minimum Gasteiger partial charge on any atom is -0.288 e. The molecular formula is C19H15F2NO2. The second kappa shape index (κ2) is 7.99. The van der Waals surface area contributed by atoms with E-state index in [1.54, 1.807) is 30.4 Å². The molecule has 2 aromatic carbocycles. The molecule has 2 N–H and O–H groups in total. The topological polar surface area (TPSA) is 49.3 Å². The largest absolute Gasteiger partial charge is 0.288 e. The van der Waals surface area contributed by atoms with Crippen molar-refractivity contribution in [1.29, 1.82) is 0 Å². The zero-order valence-corrected chi connectivity index (χ0v) is 12.7. The maximum Gasteiger partial charge on any atom is 0.267 e. The van der Waals surface area contributed by atoms with Gasteiger partial charge in [-0.1, -0.05) is 43.0 Å². The average Bonchev–Trinajstić information content (AvgIpc) is 2.57. The molecule has 0 aromatic heterocycles. The van der Waals surface area contributed by atoms with Crippen LogP contribution in [0.1, 0.15) is 16.7 Å². The van der Waals surface area contributed by atoms with Crippen LogP contribution in [0.3, 0.4) is 0 Å². The molecule has 3 nitrogen and oxygen atoms in total. The third-order valence-corrected chi connectivity index (χ3v) is 3.18. The lowest BCUT2D eigenvalue weighted by Gasteiger charge is -2.02. The van der Waals surface area contributed by atoms with Crippen molar-refractivity contribution in [3.8, 4) is 0 Å². The van der Waals surface area contributed by atoms with Gasteiger partial charge in [0.2, 0.25) is 0 Å². The third kappa shape index (κ3) is 5.00. The summed E-state index contributed by atoms with van der Waals surface area (Å²) in [6.07, 6.45) is 6.18. The molecule has 2 aromatic rings. The van der Waals surface area contributed by atoms with Gasteiger partial charge < -0.3 is 0 Å². The Morgan fingerprint density at radius 1 is 0.958 bits per heavy atom. The molecule has 24 heavy (non-hydrogen) atoms. The Bertz CT molecular complexity index is 788. The summed E-state index contributed by atoms with van der Waals surface area (Å²) in [5, 5.41) is 8.39. The molecule has 0 bridgehead atoms. The first-order valence-electron chi connectivity index (χ1n) is 7.03. The summed E-state index contributed by atoms with van der Waals surface area (Å²) in [5.74, 6) is -1.91. The van der Waals surface area contributed by atoms with E-state index in [9.17, 15) is 13.6 Å². The van der Waals surface area contributed by atoms with Crippen LogP contribution in [0.25, 0.3) is 17.7 Å². The highest BCUT2D eigenvalue weighted by atomic mass is 19.1. The number of carbonyl (C=O) groups is 1. The van der Waals surface area contributed by atoms with Crippen LogP contribution in [0.15, 0.2) is 61.2 Å². The second-order valence-electron chi connectivity index (χ2n) is 4.99. The molecule has 0 fully saturated rings. The van der Waals surface area contributed by atoms with Crippen molar-refractivity contribution in [2.45, 2.75) is 0 Å². The van der Waals surface area contributed by atoms with Crippen LogP contribution in [0.2, 0.25) is 0 Å². The molecule has 0 atom stereocenters. The van der Waals surface area contributed by atoms with E-state index in [2.05, 4.69) is 6.58 Å². The summed E-state index contributed by atoms with van der Waals surface area (Å²) >= 11 is 0. The Hall–Kier alpha value is -3.05. The zero-order valence-electron chi connectivity index (χ0n) is 12.7. The van der Waals surface area contributed by atoms with E-state index < -0.39 is 17.5 Å². The van der Waals surface area contributed by atoms with Crippen molar-refractivity contribution >= 4 is 23.6 Å². The highest BCUT2D eigenvalue weighted by Crippen LogP contribution is 2.18. The number of amides is 1. The fourth-order valence-corrected chi connectivity index (χ4v) is 1.96. The third-order valence-electron chi connectivity index (χ3n) is 3.18. The number of hydroxylamine groups is 1. The molecule has 0 aliphatic rings. The Morgan fingerprint density at radius 2 is 1.46 bits per heavy atom. The predicted octanol–water partition coefficient (Wildman–Crippen LogP) is 4.21. The summed E-state index contributed by atoms with van der Waals surface area (Å²) in [6.45, 7) is 3.80. The molecule has 0 aliphatic carbocycles. The van der Waals surface area contributed by atoms with Gasteiger partial charge in [-0.25, -0.2) is 14.3 Å². The van der Waals surface area contributed by atoms with Crippen molar-refractivity contribution in [3.63, 3.8) is 0 Å². The van der Waals surface area contributed by atoms with Gasteiger partial charge in [-0.15, -0.1) is 0 Å². The lowest BCUT2D eigenvalue weighted by molar-refractivity contribution is -0.124. The predicted molar refractivity (Wildman–Crippen MR) is 89.8 cm³/mol. The molecule has 5 heteroatoms. The number of nitrogens with one attached hydrogen (secondary N) is 1. The number of halogens is 2. The number of carbonyl (C=O) groups excluding carboxylic acids is 1. The van der Waals surface area contributed by atoms with Gasteiger partial charge in [-0.3, -0.25) is 10.0 Å². The van der Waals surface area contributed by atoms with Gasteiger partial charge in [0.05, 0.1) is 0 Å². The van der Waals surface area contributed by atoms with Gasteiger partial charge in [-0.2, -0.15) is 0 Å².